The van der Waals surface area contributed by atoms with Crippen LogP contribution in [0.15, 0.2) is 56.2 Å². The van der Waals surface area contributed by atoms with Crippen LogP contribution in [0.4, 0.5) is 0 Å². The molecule has 168 valence electrons. The van der Waals surface area contributed by atoms with Crippen LogP contribution in [0.5, 0.6) is 5.75 Å². The molecule has 5 rings (SSSR count). The van der Waals surface area contributed by atoms with Crippen LogP contribution in [0.2, 0.25) is 0 Å². The van der Waals surface area contributed by atoms with E-state index in [2.05, 4.69) is 5.16 Å². The number of esters is 1. The lowest BCUT2D eigenvalue weighted by atomic mass is 10.0. The van der Waals surface area contributed by atoms with Gasteiger partial charge in [0, 0.05) is 17.0 Å². The summed E-state index contributed by atoms with van der Waals surface area (Å²) >= 11 is 0. The standard InChI is InChI=1S/C26H23NO6/c1-15-22(16(2)33-27-15)14-30-23-9-4-3-8-20(23)26(29)31-13-19-12-25(28)32-24-11-18-7-5-6-17(18)10-21(19)24/h3-4,8-12H,5-7,13-14H2,1-2H3. The fourth-order valence-corrected chi connectivity index (χ4v) is 4.25. The van der Waals surface area contributed by atoms with Crippen LogP contribution in [0, 0.1) is 13.8 Å². The van der Waals surface area contributed by atoms with E-state index in [4.69, 9.17) is 18.4 Å². The van der Waals surface area contributed by atoms with Crippen molar-refractivity contribution in [1.29, 1.82) is 0 Å². The van der Waals surface area contributed by atoms with E-state index >= 15 is 0 Å². The molecule has 0 spiro atoms. The van der Waals surface area contributed by atoms with E-state index in [0.717, 1.165) is 35.9 Å². The minimum absolute atomic E-state index is 0.0437. The molecule has 0 unspecified atom stereocenters. The van der Waals surface area contributed by atoms with Crippen LogP contribution in [-0.4, -0.2) is 11.1 Å². The van der Waals surface area contributed by atoms with Gasteiger partial charge < -0.3 is 18.4 Å². The number of hydrogen-bond acceptors (Lipinski definition) is 7. The van der Waals surface area contributed by atoms with Crippen molar-refractivity contribution in [1.82, 2.24) is 5.16 Å². The molecule has 0 atom stereocenters. The number of aryl methyl sites for hydroxylation is 4. The first-order valence-corrected chi connectivity index (χ1v) is 10.9. The van der Waals surface area contributed by atoms with E-state index in [1.807, 2.05) is 26.0 Å². The Morgan fingerprint density at radius 2 is 1.85 bits per heavy atom. The maximum atomic E-state index is 12.9. The molecule has 7 heteroatoms. The van der Waals surface area contributed by atoms with Crippen LogP contribution >= 0.6 is 0 Å². The number of nitrogens with zero attached hydrogens (tertiary/aromatic N) is 1. The quantitative estimate of drug-likeness (QED) is 0.310. The second-order valence-corrected chi connectivity index (χ2v) is 8.22. The Kier molecular flexibility index (Phi) is 5.46. The number of aromatic nitrogens is 1. The highest BCUT2D eigenvalue weighted by Gasteiger charge is 2.19. The third-order valence-corrected chi connectivity index (χ3v) is 6.06. The molecule has 0 saturated heterocycles. The monoisotopic (exact) mass is 445 g/mol. The number of carbonyl (C=O) groups excluding carboxylic acids is 1. The van der Waals surface area contributed by atoms with Gasteiger partial charge in [0.2, 0.25) is 0 Å². The Hall–Kier alpha value is -3.87. The largest absolute Gasteiger partial charge is 0.488 e. The Morgan fingerprint density at radius 1 is 1.06 bits per heavy atom. The summed E-state index contributed by atoms with van der Waals surface area (Å²) in [5.41, 5.74) is 5.04. The molecule has 4 aromatic rings. The van der Waals surface area contributed by atoms with E-state index < -0.39 is 11.6 Å². The Bertz CT molecular complexity index is 1390. The lowest BCUT2D eigenvalue weighted by molar-refractivity contribution is 0.0468. The number of ether oxygens (including phenoxy) is 2. The molecule has 2 aromatic heterocycles. The Labute approximate surface area is 189 Å². The molecule has 0 radical (unpaired) electrons. The summed E-state index contributed by atoms with van der Waals surface area (Å²) in [5.74, 6) is 0.540. The molecule has 0 aliphatic heterocycles. The SMILES string of the molecule is Cc1noc(C)c1COc1ccccc1C(=O)OCc1cc(=O)oc2cc3c(cc12)CCC3. The predicted octanol–water partition coefficient (Wildman–Crippen LogP) is 4.82. The van der Waals surface area contributed by atoms with Gasteiger partial charge in [-0.3, -0.25) is 0 Å². The lowest BCUT2D eigenvalue weighted by Crippen LogP contribution is -2.10. The van der Waals surface area contributed by atoms with Gasteiger partial charge in [-0.15, -0.1) is 0 Å². The summed E-state index contributed by atoms with van der Waals surface area (Å²) in [5, 5.41) is 4.72. The van der Waals surface area contributed by atoms with Gasteiger partial charge in [-0.2, -0.15) is 0 Å². The van der Waals surface area contributed by atoms with Gasteiger partial charge in [0.15, 0.2) is 0 Å². The first-order chi connectivity index (χ1) is 16.0. The second-order valence-electron chi connectivity index (χ2n) is 8.22. The van der Waals surface area contributed by atoms with Crippen LogP contribution < -0.4 is 10.4 Å². The van der Waals surface area contributed by atoms with Crippen LogP contribution in [0.25, 0.3) is 11.0 Å². The van der Waals surface area contributed by atoms with Crippen LogP contribution in [0.3, 0.4) is 0 Å². The summed E-state index contributed by atoms with van der Waals surface area (Å²) in [6.45, 7) is 3.83. The Balaban J connectivity index is 1.36. The van der Waals surface area contributed by atoms with Crippen molar-refractivity contribution in [3.8, 4) is 5.75 Å². The summed E-state index contributed by atoms with van der Waals surface area (Å²) in [4.78, 5) is 25.0. The van der Waals surface area contributed by atoms with Crippen molar-refractivity contribution >= 4 is 16.9 Å². The highest BCUT2D eigenvalue weighted by Crippen LogP contribution is 2.29. The number of hydrogen-bond donors (Lipinski definition) is 0. The molecular weight excluding hydrogens is 422 g/mol. The van der Waals surface area contributed by atoms with Gasteiger partial charge in [0.05, 0.1) is 11.3 Å². The molecular formula is C26H23NO6. The van der Waals surface area contributed by atoms with E-state index in [0.29, 0.717) is 28.2 Å². The minimum Gasteiger partial charge on any atom is -0.488 e. The number of fused-ring (bicyclic) bond motifs is 2. The lowest BCUT2D eigenvalue weighted by Gasteiger charge is -2.12. The smallest absolute Gasteiger partial charge is 0.342 e. The molecule has 0 bridgehead atoms. The maximum Gasteiger partial charge on any atom is 0.342 e. The average Bonchev–Trinajstić information content (AvgIpc) is 3.40. The first kappa shape index (κ1) is 21.0. The van der Waals surface area contributed by atoms with Gasteiger partial charge in [-0.05, 0) is 68.5 Å². The number of benzene rings is 2. The van der Waals surface area contributed by atoms with Gasteiger partial charge in [-0.25, -0.2) is 9.59 Å². The summed E-state index contributed by atoms with van der Waals surface area (Å²) < 4.78 is 22.0. The van der Waals surface area contributed by atoms with Crippen molar-refractivity contribution in [3.05, 3.63) is 92.2 Å². The van der Waals surface area contributed by atoms with Crippen LogP contribution in [-0.2, 0) is 30.8 Å². The van der Waals surface area contributed by atoms with Crippen molar-refractivity contribution in [2.45, 2.75) is 46.3 Å². The van der Waals surface area contributed by atoms with E-state index in [1.165, 1.54) is 17.2 Å². The zero-order valence-corrected chi connectivity index (χ0v) is 18.5. The topological polar surface area (TPSA) is 91.8 Å². The zero-order valence-electron chi connectivity index (χ0n) is 18.5. The molecule has 0 saturated carbocycles. The summed E-state index contributed by atoms with van der Waals surface area (Å²) in [7, 11) is 0. The molecule has 33 heavy (non-hydrogen) atoms. The van der Waals surface area contributed by atoms with Crippen molar-refractivity contribution in [3.63, 3.8) is 0 Å². The highest BCUT2D eigenvalue weighted by atomic mass is 16.5. The van der Waals surface area contributed by atoms with Gasteiger partial charge >= 0.3 is 11.6 Å². The predicted molar refractivity (Wildman–Crippen MR) is 120 cm³/mol. The zero-order chi connectivity index (χ0) is 22.9. The third kappa shape index (κ3) is 4.14. The highest BCUT2D eigenvalue weighted by molar-refractivity contribution is 5.92. The second kappa shape index (κ2) is 8.58. The average molecular weight is 445 g/mol. The molecule has 0 fully saturated rings. The van der Waals surface area contributed by atoms with Crippen LogP contribution in [0.1, 0.15) is 50.5 Å². The molecule has 1 aliphatic carbocycles. The van der Waals surface area contributed by atoms with Crippen molar-refractivity contribution in [2.24, 2.45) is 0 Å². The molecule has 2 aromatic carbocycles. The molecule has 0 amide bonds. The Morgan fingerprint density at radius 3 is 2.64 bits per heavy atom. The number of carbonyl (C=O) groups is 1. The van der Waals surface area contributed by atoms with Crippen molar-refractivity contribution < 1.29 is 23.2 Å². The molecule has 1 aliphatic rings. The molecule has 7 nitrogen and oxygen atoms in total. The first-order valence-electron chi connectivity index (χ1n) is 10.9. The fourth-order valence-electron chi connectivity index (χ4n) is 4.25. The van der Waals surface area contributed by atoms with Gasteiger partial charge in [0.25, 0.3) is 0 Å². The van der Waals surface area contributed by atoms with E-state index in [-0.39, 0.29) is 13.2 Å². The normalized spacial score (nSPS) is 12.7. The maximum absolute atomic E-state index is 12.9. The van der Waals surface area contributed by atoms with E-state index in [9.17, 15) is 9.59 Å². The summed E-state index contributed by atoms with van der Waals surface area (Å²) in [6.07, 6.45) is 3.07. The molecule has 0 N–H and O–H groups in total. The number of rotatable bonds is 6. The minimum atomic E-state index is -0.535. The van der Waals surface area contributed by atoms with Gasteiger partial charge in [-0.1, -0.05) is 17.3 Å². The number of para-hydroxylation sites is 1. The van der Waals surface area contributed by atoms with E-state index in [1.54, 1.807) is 24.3 Å². The van der Waals surface area contributed by atoms with Crippen molar-refractivity contribution in [2.75, 3.05) is 0 Å². The van der Waals surface area contributed by atoms with Gasteiger partial charge in [0.1, 0.15) is 35.9 Å². The molecule has 2 heterocycles. The summed E-state index contributed by atoms with van der Waals surface area (Å²) in [6, 6.07) is 12.3. The third-order valence-electron chi connectivity index (χ3n) is 6.06. The fraction of sp³-hybridized carbons (Fsp3) is 0.269.